The van der Waals surface area contributed by atoms with Crippen LogP contribution in [0.15, 0.2) is 98.1 Å². The van der Waals surface area contributed by atoms with E-state index in [0.29, 0.717) is 0 Å². The molecule has 0 aliphatic rings. The van der Waals surface area contributed by atoms with Crippen molar-refractivity contribution in [3.8, 4) is 10.8 Å². The zero-order valence-electron chi connectivity index (χ0n) is 20.1. The van der Waals surface area contributed by atoms with E-state index in [9.17, 15) is 0 Å². The molecule has 4 aromatic rings. The van der Waals surface area contributed by atoms with E-state index in [1.807, 2.05) is 76.2 Å². The summed E-state index contributed by atoms with van der Waals surface area (Å²) in [7, 11) is 0. The molecule has 6 nitrogen and oxygen atoms in total. The monoisotopic (exact) mass is 543 g/mol. The fraction of sp³-hybridized carbons (Fsp3) is 0.154. The van der Waals surface area contributed by atoms with Gasteiger partial charge in [-0.3, -0.25) is 19.9 Å². The van der Waals surface area contributed by atoms with Crippen LogP contribution in [0.25, 0.3) is 0 Å². The third-order valence-corrected chi connectivity index (χ3v) is 3.39. The molecular formula is C26H28MnN6S2. The van der Waals surface area contributed by atoms with E-state index in [0.717, 1.165) is 0 Å². The van der Waals surface area contributed by atoms with Crippen molar-refractivity contribution < 1.29 is 17.1 Å². The first-order valence-corrected chi connectivity index (χ1v) is 10.7. The minimum absolute atomic E-state index is 0. The van der Waals surface area contributed by atoms with Gasteiger partial charge in [-0.1, -0.05) is 10.8 Å². The standard InChI is InChI=1S/4C6H7N.2CHNS.Mn/c4*1-6-2-4-7-5-3-6;2*2-1-3;/h4*2-5H,1H3;2*3H;/q;;;;;;+2/p-2. The molecule has 0 saturated heterocycles. The van der Waals surface area contributed by atoms with Crippen molar-refractivity contribution in [3.63, 3.8) is 0 Å². The molecule has 0 unspecified atom stereocenters. The fourth-order valence-corrected chi connectivity index (χ4v) is 1.71. The van der Waals surface area contributed by atoms with Gasteiger partial charge in [0.15, 0.2) is 0 Å². The first kappa shape index (κ1) is 36.1. The zero-order chi connectivity index (χ0) is 25.9. The molecule has 0 amide bonds. The smallest absolute Gasteiger partial charge is 0.696 e. The Morgan fingerprint density at radius 3 is 0.629 bits per heavy atom. The van der Waals surface area contributed by atoms with Gasteiger partial charge in [-0.05, 0) is 98.5 Å². The summed E-state index contributed by atoms with van der Waals surface area (Å²) in [4.78, 5) is 15.4. The SMILES string of the molecule is Cc1ccncc1.Cc1ccncc1.Cc1ccncc1.Cc1ccncc1.N#C[S-].N#C[S-].[Mn+2]. The maximum atomic E-state index is 7.13. The Kier molecular flexibility index (Phi) is 29.5. The van der Waals surface area contributed by atoms with Gasteiger partial charge in [-0.15, -0.1) is 0 Å². The van der Waals surface area contributed by atoms with E-state index >= 15 is 0 Å². The van der Waals surface area contributed by atoms with Crippen LogP contribution in [0.5, 0.6) is 0 Å². The molecule has 0 N–H and O–H groups in total. The van der Waals surface area contributed by atoms with Gasteiger partial charge in [0.05, 0.1) is 0 Å². The number of thiocyanates is 2. The zero-order valence-corrected chi connectivity index (χ0v) is 22.9. The topological polar surface area (TPSA) is 99.1 Å². The average Bonchev–Trinajstić information content (AvgIpc) is 2.83. The molecule has 4 rings (SSSR count). The molecule has 9 heteroatoms. The molecule has 4 aromatic heterocycles. The van der Waals surface area contributed by atoms with Crippen molar-refractivity contribution in [2.75, 3.05) is 0 Å². The van der Waals surface area contributed by atoms with Crippen LogP contribution in [0.2, 0.25) is 0 Å². The Balaban J connectivity index is -0.000000360. The van der Waals surface area contributed by atoms with E-state index in [1.165, 1.54) is 33.1 Å². The van der Waals surface area contributed by atoms with Gasteiger partial charge in [-0.25, -0.2) is 10.5 Å². The number of nitriles is 2. The minimum Gasteiger partial charge on any atom is -0.696 e. The third-order valence-electron chi connectivity index (χ3n) is 3.39. The fourth-order valence-electron chi connectivity index (χ4n) is 1.71. The van der Waals surface area contributed by atoms with Crippen LogP contribution in [0, 0.1) is 49.0 Å². The van der Waals surface area contributed by atoms with E-state index in [1.54, 1.807) is 49.6 Å². The Labute approximate surface area is 230 Å². The number of nitrogens with zero attached hydrogens (tertiary/aromatic N) is 6. The van der Waals surface area contributed by atoms with Gasteiger partial charge in [0.25, 0.3) is 0 Å². The van der Waals surface area contributed by atoms with E-state index in [4.69, 9.17) is 10.5 Å². The normalized spacial score (nSPS) is 7.37. The van der Waals surface area contributed by atoms with Gasteiger partial charge in [0, 0.05) is 49.6 Å². The molecule has 0 fully saturated rings. The van der Waals surface area contributed by atoms with Gasteiger partial charge < -0.3 is 25.3 Å². The summed E-state index contributed by atoms with van der Waals surface area (Å²) in [5.74, 6) is 0. The molecule has 0 spiro atoms. The third kappa shape index (κ3) is 30.5. The van der Waals surface area contributed by atoms with Crippen LogP contribution < -0.4 is 0 Å². The summed E-state index contributed by atoms with van der Waals surface area (Å²) in [6, 6.07) is 15.8. The Hall–Kier alpha value is -3.46. The molecule has 0 aliphatic carbocycles. The summed E-state index contributed by atoms with van der Waals surface area (Å²) in [5.41, 5.74) is 5.04. The molecule has 0 saturated carbocycles. The van der Waals surface area contributed by atoms with Crippen molar-refractivity contribution in [1.29, 1.82) is 10.5 Å². The van der Waals surface area contributed by atoms with Crippen molar-refractivity contribution in [2.45, 2.75) is 27.7 Å². The summed E-state index contributed by atoms with van der Waals surface area (Å²) in [6.45, 7) is 8.17. The van der Waals surface area contributed by atoms with Crippen LogP contribution in [0.3, 0.4) is 0 Å². The summed E-state index contributed by atoms with van der Waals surface area (Å²) < 4.78 is 0. The average molecular weight is 544 g/mol. The largest absolute Gasteiger partial charge is 2.00 e. The number of pyridine rings is 4. The van der Waals surface area contributed by atoms with Crippen LogP contribution in [0.4, 0.5) is 0 Å². The quantitative estimate of drug-likeness (QED) is 0.161. The number of hydrogen-bond acceptors (Lipinski definition) is 8. The molecule has 0 atom stereocenters. The molecular weight excluding hydrogens is 515 g/mol. The summed E-state index contributed by atoms with van der Waals surface area (Å²) >= 11 is 7.40. The van der Waals surface area contributed by atoms with Crippen molar-refractivity contribution in [1.82, 2.24) is 19.9 Å². The molecule has 181 valence electrons. The van der Waals surface area contributed by atoms with Crippen LogP contribution in [0.1, 0.15) is 22.3 Å². The Morgan fingerprint density at radius 1 is 0.457 bits per heavy atom. The predicted octanol–water partition coefficient (Wildman–Crippen LogP) is 5.59. The van der Waals surface area contributed by atoms with Crippen LogP contribution >= 0.6 is 0 Å². The maximum Gasteiger partial charge on any atom is 2.00 e. The van der Waals surface area contributed by atoms with Crippen molar-refractivity contribution >= 4 is 25.3 Å². The second-order valence-corrected chi connectivity index (χ2v) is 6.65. The molecule has 1 radical (unpaired) electrons. The second-order valence-electron chi connectivity index (χ2n) is 6.28. The van der Waals surface area contributed by atoms with E-state index in [-0.39, 0.29) is 17.1 Å². The van der Waals surface area contributed by atoms with Gasteiger partial charge in [0.2, 0.25) is 0 Å². The molecule has 0 aromatic carbocycles. The number of hydrogen-bond donors (Lipinski definition) is 0. The van der Waals surface area contributed by atoms with Gasteiger partial charge in [0.1, 0.15) is 0 Å². The summed E-state index contributed by atoms with van der Waals surface area (Å²) in [6.07, 6.45) is 14.3. The van der Waals surface area contributed by atoms with Crippen molar-refractivity contribution in [3.05, 3.63) is 120 Å². The Morgan fingerprint density at radius 2 is 0.571 bits per heavy atom. The predicted molar refractivity (Wildman–Crippen MR) is 142 cm³/mol. The van der Waals surface area contributed by atoms with E-state index < -0.39 is 0 Å². The first-order chi connectivity index (χ1) is 16.4. The molecule has 0 aliphatic heterocycles. The number of rotatable bonds is 0. The Bertz CT molecular complexity index is 865. The molecule has 4 heterocycles. The van der Waals surface area contributed by atoms with Crippen LogP contribution in [-0.4, -0.2) is 19.9 Å². The minimum atomic E-state index is 0. The summed E-state index contributed by atoms with van der Waals surface area (Å²) in [5, 5.41) is 16.9. The number of aryl methyl sites for hydroxylation is 4. The number of aromatic nitrogens is 4. The van der Waals surface area contributed by atoms with Crippen LogP contribution in [-0.2, 0) is 42.3 Å². The van der Waals surface area contributed by atoms with E-state index in [2.05, 4.69) is 45.2 Å². The second kappa shape index (κ2) is 28.6. The maximum absolute atomic E-state index is 7.13. The van der Waals surface area contributed by atoms with Gasteiger partial charge >= 0.3 is 17.1 Å². The van der Waals surface area contributed by atoms with Crippen molar-refractivity contribution in [2.24, 2.45) is 0 Å². The molecule has 0 bridgehead atoms. The first-order valence-electron chi connectivity index (χ1n) is 9.90. The molecule has 35 heavy (non-hydrogen) atoms. The van der Waals surface area contributed by atoms with Gasteiger partial charge in [-0.2, -0.15) is 0 Å².